The Kier molecular flexibility index (Phi) is 6.20. The summed E-state index contributed by atoms with van der Waals surface area (Å²) in [5, 5.41) is 30.1. The van der Waals surface area contributed by atoms with Gasteiger partial charge in [0.05, 0.1) is 10.6 Å². The van der Waals surface area contributed by atoms with E-state index in [2.05, 4.69) is 35.8 Å². The second-order valence-electron chi connectivity index (χ2n) is 6.87. The molecule has 4 aromatic rings. The number of nitrogens with zero attached hydrogens (tertiary/aromatic N) is 7. The molecule has 2 heterocycles. The van der Waals surface area contributed by atoms with Crippen molar-refractivity contribution in [3.63, 3.8) is 0 Å². The number of hydrogen-bond donors (Lipinski definition) is 2. The van der Waals surface area contributed by atoms with Crippen molar-refractivity contribution < 1.29 is 19.1 Å². The number of nitrogens with two attached hydrogens (primary N) is 1. The molecule has 0 bridgehead atoms. The zero-order valence-electron chi connectivity index (χ0n) is 17.7. The predicted molar refractivity (Wildman–Crippen MR) is 118 cm³/mol. The highest BCUT2D eigenvalue weighted by molar-refractivity contribution is 5.99. The van der Waals surface area contributed by atoms with Crippen LogP contribution in [0, 0.1) is 10.1 Å². The molecule has 0 aliphatic rings. The highest BCUT2D eigenvalue weighted by atomic mass is 16.6. The van der Waals surface area contributed by atoms with Gasteiger partial charge < -0.3 is 10.5 Å². The van der Waals surface area contributed by atoms with E-state index in [4.69, 9.17) is 10.5 Å². The quantitative estimate of drug-likeness (QED) is 0.222. The van der Waals surface area contributed by atoms with Crippen molar-refractivity contribution in [2.75, 3.05) is 12.3 Å². The van der Waals surface area contributed by atoms with E-state index >= 15 is 0 Å². The zero-order chi connectivity index (χ0) is 24.1. The number of nitro groups is 1. The fourth-order valence-electron chi connectivity index (χ4n) is 2.86. The van der Waals surface area contributed by atoms with Crippen molar-refractivity contribution in [3.05, 3.63) is 70.4 Å². The van der Waals surface area contributed by atoms with Crippen LogP contribution in [0.15, 0.2) is 64.3 Å². The van der Waals surface area contributed by atoms with Crippen LogP contribution >= 0.6 is 0 Å². The fraction of sp³-hybridized carbons (Fsp3) is 0.100. The van der Waals surface area contributed by atoms with Gasteiger partial charge in [-0.15, -0.1) is 5.10 Å². The number of carbonyl (C=O) groups is 1. The molecule has 2 aromatic heterocycles. The van der Waals surface area contributed by atoms with Gasteiger partial charge in [0.15, 0.2) is 5.69 Å². The van der Waals surface area contributed by atoms with E-state index in [1.54, 1.807) is 19.1 Å². The first-order chi connectivity index (χ1) is 16.4. The van der Waals surface area contributed by atoms with Crippen molar-refractivity contribution in [1.29, 1.82) is 0 Å². The van der Waals surface area contributed by atoms with Crippen LogP contribution in [0.25, 0.3) is 17.1 Å². The van der Waals surface area contributed by atoms with E-state index in [-0.39, 0.29) is 35.3 Å². The van der Waals surface area contributed by atoms with Crippen molar-refractivity contribution in [2.24, 2.45) is 5.10 Å². The number of nitrogens with one attached hydrogen (secondary N) is 1. The van der Waals surface area contributed by atoms with Crippen LogP contribution in [0.5, 0.6) is 5.75 Å². The zero-order valence-corrected chi connectivity index (χ0v) is 17.7. The van der Waals surface area contributed by atoms with Crippen molar-refractivity contribution in [1.82, 2.24) is 30.7 Å². The molecule has 0 aliphatic carbocycles. The van der Waals surface area contributed by atoms with Gasteiger partial charge in [-0.2, -0.15) is 9.78 Å². The van der Waals surface area contributed by atoms with Gasteiger partial charge in [-0.3, -0.25) is 14.9 Å². The Morgan fingerprint density at radius 3 is 2.59 bits per heavy atom. The van der Waals surface area contributed by atoms with E-state index in [1.807, 2.05) is 18.2 Å². The Hall–Kier alpha value is -5.14. The molecule has 172 valence electrons. The molecule has 0 atom stereocenters. The number of amides is 1. The molecule has 3 N–H and O–H groups in total. The summed E-state index contributed by atoms with van der Waals surface area (Å²) in [5.74, 6) is -0.123. The maximum Gasteiger partial charge on any atom is 0.294 e. The molecule has 0 aliphatic heterocycles. The van der Waals surface area contributed by atoms with Crippen LogP contribution in [-0.4, -0.2) is 48.5 Å². The summed E-state index contributed by atoms with van der Waals surface area (Å²) in [5.41, 5.74) is 8.94. The molecule has 14 heteroatoms. The number of hydrazone groups is 1. The van der Waals surface area contributed by atoms with Gasteiger partial charge in [0.1, 0.15) is 18.1 Å². The Morgan fingerprint density at radius 1 is 1.21 bits per heavy atom. The molecule has 0 radical (unpaired) electrons. The van der Waals surface area contributed by atoms with Crippen LogP contribution in [-0.2, 0) is 0 Å². The lowest BCUT2D eigenvalue weighted by Gasteiger charge is -2.07. The molecule has 2 aromatic carbocycles. The Bertz CT molecular complexity index is 1350. The van der Waals surface area contributed by atoms with E-state index in [0.29, 0.717) is 17.0 Å². The molecule has 0 saturated carbocycles. The number of carbonyl (C=O) groups excluding carboxylic acids is 1. The number of nitro benzene ring substituents is 1. The van der Waals surface area contributed by atoms with Gasteiger partial charge in [-0.05, 0) is 41.5 Å². The Morgan fingerprint density at radius 2 is 1.94 bits per heavy atom. The minimum Gasteiger partial charge on any atom is -0.488 e. The topological polar surface area (TPSA) is 189 Å². The first-order valence-corrected chi connectivity index (χ1v) is 9.74. The van der Waals surface area contributed by atoms with Gasteiger partial charge in [-0.1, -0.05) is 23.4 Å². The smallest absolute Gasteiger partial charge is 0.294 e. The van der Waals surface area contributed by atoms with Crippen LogP contribution in [0.4, 0.5) is 11.5 Å². The van der Waals surface area contributed by atoms with Gasteiger partial charge in [0.2, 0.25) is 11.6 Å². The largest absolute Gasteiger partial charge is 0.488 e. The Balaban J connectivity index is 1.60. The monoisotopic (exact) mass is 463 g/mol. The van der Waals surface area contributed by atoms with Gasteiger partial charge in [-0.25, -0.2) is 10.1 Å². The van der Waals surface area contributed by atoms with Gasteiger partial charge in [0, 0.05) is 17.7 Å². The van der Waals surface area contributed by atoms with Crippen LogP contribution in [0.2, 0.25) is 0 Å². The van der Waals surface area contributed by atoms with Crippen LogP contribution < -0.4 is 15.9 Å². The minimum atomic E-state index is -0.686. The molecule has 0 unspecified atom stereocenters. The van der Waals surface area contributed by atoms with E-state index in [9.17, 15) is 14.9 Å². The standard InChI is InChI=1S/C20H17N9O5/c1-12(11-33-15-5-3-2-4-6-15)22-24-20(30)16-17(13-7-9-14(10-8-13)29(31)32)28(27-23-16)19-18(21)25-34-26-19/h2-10H,11H2,1H3,(H2,21,25)(H,24,30). The van der Waals surface area contributed by atoms with E-state index in [1.165, 1.54) is 24.3 Å². The molecular weight excluding hydrogens is 446 g/mol. The lowest BCUT2D eigenvalue weighted by molar-refractivity contribution is -0.384. The molecule has 14 nitrogen and oxygen atoms in total. The third-order valence-electron chi connectivity index (χ3n) is 4.47. The highest BCUT2D eigenvalue weighted by Gasteiger charge is 2.25. The molecular formula is C20H17N9O5. The van der Waals surface area contributed by atoms with Crippen molar-refractivity contribution in [2.45, 2.75) is 6.92 Å². The van der Waals surface area contributed by atoms with E-state index in [0.717, 1.165) is 4.68 Å². The van der Waals surface area contributed by atoms with Crippen molar-refractivity contribution >= 4 is 23.1 Å². The normalized spacial score (nSPS) is 11.3. The van der Waals surface area contributed by atoms with Gasteiger partial charge >= 0.3 is 0 Å². The van der Waals surface area contributed by atoms with E-state index < -0.39 is 10.8 Å². The molecule has 4 rings (SSSR count). The van der Waals surface area contributed by atoms with Crippen molar-refractivity contribution in [3.8, 4) is 22.8 Å². The molecule has 0 fully saturated rings. The molecule has 1 amide bonds. The average Bonchev–Trinajstić information content (AvgIpc) is 3.48. The molecule has 34 heavy (non-hydrogen) atoms. The number of nitrogen functional groups attached to an aromatic ring is 1. The first-order valence-electron chi connectivity index (χ1n) is 9.74. The number of aromatic nitrogens is 5. The number of benzene rings is 2. The molecule has 0 saturated heterocycles. The summed E-state index contributed by atoms with van der Waals surface area (Å²) in [6.45, 7) is 1.83. The average molecular weight is 463 g/mol. The second kappa shape index (κ2) is 9.56. The summed E-state index contributed by atoms with van der Waals surface area (Å²) in [6, 6.07) is 14.6. The molecule has 0 spiro atoms. The maximum atomic E-state index is 12.9. The maximum absolute atomic E-state index is 12.9. The van der Waals surface area contributed by atoms with Gasteiger partial charge in [0.25, 0.3) is 11.6 Å². The van der Waals surface area contributed by atoms with Crippen LogP contribution in [0.1, 0.15) is 17.4 Å². The first kappa shape index (κ1) is 22.1. The Labute approximate surface area is 191 Å². The summed E-state index contributed by atoms with van der Waals surface area (Å²) in [4.78, 5) is 23.4. The summed E-state index contributed by atoms with van der Waals surface area (Å²) in [7, 11) is 0. The number of ether oxygens (including phenoxy) is 1. The predicted octanol–water partition coefficient (Wildman–Crippen LogP) is 1.99. The third-order valence-corrected chi connectivity index (χ3v) is 4.47. The highest BCUT2D eigenvalue weighted by Crippen LogP contribution is 2.28. The number of para-hydroxylation sites is 1. The lowest BCUT2D eigenvalue weighted by Crippen LogP contribution is -2.22. The summed E-state index contributed by atoms with van der Waals surface area (Å²) >= 11 is 0. The SMILES string of the molecule is CC(COc1ccccc1)=NNC(=O)c1nnn(-c2nonc2N)c1-c1ccc([N+](=O)[O-])cc1. The number of non-ortho nitro benzene ring substituents is 1. The second-order valence-corrected chi connectivity index (χ2v) is 6.87. The third kappa shape index (κ3) is 4.69. The minimum absolute atomic E-state index is 0.00385. The summed E-state index contributed by atoms with van der Waals surface area (Å²) in [6.07, 6.45) is 0. The number of hydrogen-bond acceptors (Lipinski definition) is 11. The fourth-order valence-corrected chi connectivity index (χ4v) is 2.86. The lowest BCUT2D eigenvalue weighted by atomic mass is 10.1. The van der Waals surface area contributed by atoms with Crippen LogP contribution in [0.3, 0.4) is 0 Å². The number of anilines is 1. The number of rotatable bonds is 8. The summed E-state index contributed by atoms with van der Waals surface area (Å²) < 4.78 is 11.4.